The summed E-state index contributed by atoms with van der Waals surface area (Å²) in [4.78, 5) is 12.1. The molecule has 0 saturated carbocycles. The number of carbonyl (C=O) groups excluding carboxylic acids is 1. The summed E-state index contributed by atoms with van der Waals surface area (Å²) in [5, 5.41) is 0. The van der Waals surface area contributed by atoms with Crippen LogP contribution in [0.4, 0.5) is 4.39 Å². The van der Waals surface area contributed by atoms with Crippen molar-refractivity contribution in [1.82, 2.24) is 0 Å². The molecule has 1 aromatic carbocycles. The van der Waals surface area contributed by atoms with Gasteiger partial charge in [0.1, 0.15) is 11.9 Å². The van der Waals surface area contributed by atoms with E-state index in [0.717, 1.165) is 0 Å². The number of carbonyl (C=O) groups is 1. The molecule has 1 fully saturated rings. The van der Waals surface area contributed by atoms with E-state index in [1.165, 1.54) is 12.1 Å². The highest BCUT2D eigenvalue weighted by molar-refractivity contribution is 6.00. The van der Waals surface area contributed by atoms with E-state index >= 15 is 0 Å². The van der Waals surface area contributed by atoms with Crippen LogP contribution in [-0.4, -0.2) is 31.7 Å². The molecule has 2 aliphatic heterocycles. The fourth-order valence-electron chi connectivity index (χ4n) is 2.62. The standard InChI is InChI=1S/C17H21FO4/c1-10(2)14-5-13(19)11-4-12(18)16(6-15(11)22-14)21-9-17(3)7-20-8-17/h4,6,10,14H,5,7-9H2,1-3H3. The Morgan fingerprint density at radius 2 is 2.14 bits per heavy atom. The molecule has 0 amide bonds. The Balaban J connectivity index is 1.81. The summed E-state index contributed by atoms with van der Waals surface area (Å²) in [6.45, 7) is 7.64. The minimum atomic E-state index is -0.525. The molecular formula is C17H21FO4. The van der Waals surface area contributed by atoms with Crippen LogP contribution in [0.15, 0.2) is 12.1 Å². The maximum absolute atomic E-state index is 14.1. The van der Waals surface area contributed by atoms with Crippen molar-refractivity contribution < 1.29 is 23.4 Å². The van der Waals surface area contributed by atoms with E-state index in [4.69, 9.17) is 14.2 Å². The van der Waals surface area contributed by atoms with Gasteiger partial charge in [0, 0.05) is 17.9 Å². The van der Waals surface area contributed by atoms with Crippen molar-refractivity contribution in [2.24, 2.45) is 11.3 Å². The zero-order valence-electron chi connectivity index (χ0n) is 13.1. The Kier molecular flexibility index (Phi) is 3.85. The van der Waals surface area contributed by atoms with Gasteiger partial charge in [-0.15, -0.1) is 0 Å². The van der Waals surface area contributed by atoms with Crippen LogP contribution in [0.25, 0.3) is 0 Å². The summed E-state index contributed by atoms with van der Waals surface area (Å²) in [7, 11) is 0. The Morgan fingerprint density at radius 1 is 1.41 bits per heavy atom. The molecule has 0 aromatic heterocycles. The summed E-state index contributed by atoms with van der Waals surface area (Å²) in [5.41, 5.74) is 0.236. The SMILES string of the molecule is CC(C)C1CC(=O)c2cc(F)c(OCC3(C)COC3)cc2O1. The van der Waals surface area contributed by atoms with E-state index in [-0.39, 0.29) is 29.0 Å². The third kappa shape index (κ3) is 2.82. The van der Waals surface area contributed by atoms with E-state index in [1.807, 2.05) is 20.8 Å². The van der Waals surface area contributed by atoms with Gasteiger partial charge in [-0.1, -0.05) is 20.8 Å². The highest BCUT2D eigenvalue weighted by atomic mass is 19.1. The average molecular weight is 308 g/mol. The Labute approximate surface area is 129 Å². The van der Waals surface area contributed by atoms with E-state index < -0.39 is 5.82 Å². The lowest BCUT2D eigenvalue weighted by atomic mass is 9.90. The zero-order valence-corrected chi connectivity index (χ0v) is 13.1. The number of Topliss-reactive ketones (excluding diaryl/α,β-unsaturated/α-hetero) is 1. The maximum atomic E-state index is 14.1. The largest absolute Gasteiger partial charge is 0.490 e. The van der Waals surface area contributed by atoms with Gasteiger partial charge in [-0.3, -0.25) is 4.79 Å². The number of hydrogen-bond acceptors (Lipinski definition) is 4. The van der Waals surface area contributed by atoms with Gasteiger partial charge in [0.05, 0.1) is 25.4 Å². The molecule has 0 aliphatic carbocycles. The Morgan fingerprint density at radius 3 is 2.73 bits per heavy atom. The predicted molar refractivity (Wildman–Crippen MR) is 79.0 cm³/mol. The summed E-state index contributed by atoms with van der Waals surface area (Å²) in [6, 6.07) is 2.73. The molecule has 0 N–H and O–H groups in total. The number of halogens is 1. The highest BCUT2D eigenvalue weighted by Crippen LogP contribution is 2.36. The van der Waals surface area contributed by atoms with Gasteiger partial charge in [0.15, 0.2) is 17.3 Å². The van der Waals surface area contributed by atoms with Crippen molar-refractivity contribution in [2.45, 2.75) is 33.3 Å². The number of fused-ring (bicyclic) bond motifs is 1. The molecule has 22 heavy (non-hydrogen) atoms. The van der Waals surface area contributed by atoms with Gasteiger partial charge >= 0.3 is 0 Å². The lowest BCUT2D eigenvalue weighted by Crippen LogP contribution is -2.44. The molecule has 0 bridgehead atoms. The van der Waals surface area contributed by atoms with Gasteiger partial charge in [-0.25, -0.2) is 4.39 Å². The topological polar surface area (TPSA) is 44.8 Å². The number of hydrogen-bond donors (Lipinski definition) is 0. The lowest BCUT2D eigenvalue weighted by Gasteiger charge is -2.37. The number of rotatable bonds is 4. The molecule has 3 rings (SSSR count). The molecule has 4 nitrogen and oxygen atoms in total. The first-order valence-electron chi connectivity index (χ1n) is 7.62. The Hall–Kier alpha value is -1.62. The van der Waals surface area contributed by atoms with Crippen LogP contribution in [0.2, 0.25) is 0 Å². The molecule has 1 atom stereocenters. The maximum Gasteiger partial charge on any atom is 0.170 e. The second-order valence-corrected chi connectivity index (χ2v) is 6.90. The van der Waals surface area contributed by atoms with Gasteiger partial charge in [-0.05, 0) is 12.0 Å². The molecular weight excluding hydrogens is 287 g/mol. The minimum absolute atomic E-state index is 0.0700. The summed E-state index contributed by atoms with van der Waals surface area (Å²) in [5.74, 6) is 0.162. The van der Waals surface area contributed by atoms with E-state index in [9.17, 15) is 9.18 Å². The highest BCUT2D eigenvalue weighted by Gasteiger charge is 2.35. The van der Waals surface area contributed by atoms with Crippen molar-refractivity contribution in [3.05, 3.63) is 23.5 Å². The van der Waals surface area contributed by atoms with Crippen molar-refractivity contribution in [2.75, 3.05) is 19.8 Å². The first-order valence-corrected chi connectivity index (χ1v) is 7.62. The third-order valence-corrected chi connectivity index (χ3v) is 4.22. The van der Waals surface area contributed by atoms with E-state index in [2.05, 4.69) is 0 Å². The fourth-order valence-corrected chi connectivity index (χ4v) is 2.62. The molecule has 1 saturated heterocycles. The fraction of sp³-hybridized carbons (Fsp3) is 0.588. The molecule has 0 radical (unpaired) electrons. The zero-order chi connectivity index (χ0) is 15.9. The van der Waals surface area contributed by atoms with E-state index in [1.54, 1.807) is 0 Å². The van der Waals surface area contributed by atoms with Gasteiger partial charge in [-0.2, -0.15) is 0 Å². The third-order valence-electron chi connectivity index (χ3n) is 4.22. The first-order chi connectivity index (χ1) is 10.4. The van der Waals surface area contributed by atoms with Crippen molar-refractivity contribution in [1.29, 1.82) is 0 Å². The molecule has 5 heteroatoms. The van der Waals surface area contributed by atoms with Crippen LogP contribution >= 0.6 is 0 Å². The average Bonchev–Trinajstić information content (AvgIpc) is 2.43. The molecule has 1 aromatic rings. The number of ether oxygens (including phenoxy) is 3. The van der Waals surface area contributed by atoms with Crippen molar-refractivity contribution >= 4 is 5.78 Å². The second kappa shape index (κ2) is 5.54. The smallest absolute Gasteiger partial charge is 0.170 e. The summed E-state index contributed by atoms with van der Waals surface area (Å²) in [6.07, 6.45) is 0.121. The van der Waals surface area contributed by atoms with Crippen LogP contribution in [0.1, 0.15) is 37.6 Å². The lowest BCUT2D eigenvalue weighted by molar-refractivity contribution is -0.120. The molecule has 120 valence electrons. The van der Waals surface area contributed by atoms with Crippen molar-refractivity contribution in [3.63, 3.8) is 0 Å². The van der Waals surface area contributed by atoms with Crippen LogP contribution in [0.3, 0.4) is 0 Å². The quantitative estimate of drug-likeness (QED) is 0.856. The predicted octanol–water partition coefficient (Wildman–Crippen LogP) is 3.23. The number of benzene rings is 1. The van der Waals surface area contributed by atoms with Crippen LogP contribution in [-0.2, 0) is 4.74 Å². The second-order valence-electron chi connectivity index (χ2n) is 6.90. The Bertz CT molecular complexity index is 593. The van der Waals surface area contributed by atoms with Crippen LogP contribution in [0, 0.1) is 17.2 Å². The molecule has 2 heterocycles. The molecule has 2 aliphatic rings. The monoisotopic (exact) mass is 308 g/mol. The first kappa shape index (κ1) is 15.3. The number of ketones is 1. The van der Waals surface area contributed by atoms with Crippen LogP contribution < -0.4 is 9.47 Å². The van der Waals surface area contributed by atoms with Gasteiger partial charge < -0.3 is 14.2 Å². The minimum Gasteiger partial charge on any atom is -0.490 e. The summed E-state index contributed by atoms with van der Waals surface area (Å²) >= 11 is 0. The van der Waals surface area contributed by atoms with E-state index in [0.29, 0.717) is 37.6 Å². The van der Waals surface area contributed by atoms with Gasteiger partial charge in [0.2, 0.25) is 0 Å². The van der Waals surface area contributed by atoms with Crippen molar-refractivity contribution in [3.8, 4) is 11.5 Å². The molecule has 1 unspecified atom stereocenters. The van der Waals surface area contributed by atoms with Crippen LogP contribution in [0.5, 0.6) is 11.5 Å². The molecule has 0 spiro atoms. The van der Waals surface area contributed by atoms with Gasteiger partial charge in [0.25, 0.3) is 0 Å². The summed E-state index contributed by atoms with van der Waals surface area (Å²) < 4.78 is 30.7. The normalized spacial score (nSPS) is 22.8.